The first-order chi connectivity index (χ1) is 15.1. The number of hydrogen-bond acceptors (Lipinski definition) is 8. The Morgan fingerprint density at radius 3 is 1.97 bits per heavy atom. The number of hydrogen-bond donors (Lipinski definition) is 0. The maximum absolute atomic E-state index is 13.1. The zero-order valence-electron chi connectivity index (χ0n) is 17.1. The lowest BCUT2D eigenvalue weighted by molar-refractivity contribution is 0.0870. The molecule has 0 spiro atoms. The van der Waals surface area contributed by atoms with Gasteiger partial charge in [0.25, 0.3) is 0 Å². The first kappa shape index (κ1) is 22.0. The average Bonchev–Trinajstić information content (AvgIpc) is 3.69. The maximum Gasteiger partial charge on any atom is 0.210 e. The summed E-state index contributed by atoms with van der Waals surface area (Å²) in [5, 5.41) is 0. The number of para-hydroxylation sites is 1. The molecule has 4 rings (SSSR count). The standard InChI is InChI=1S/C22H26O8S/c23-31(24,20-7-5-17(6-8-20)27-11-9-25-13-18-15-29-18)22-4-2-1-3-21(22)28-12-10-26-14-19-16-30-19/h1-8,18-19H,9-16H2. The SMILES string of the molecule is O=S(=O)(c1ccc(OCCOCC2CO2)cc1)c1ccccc1OCCOCC1CO1. The molecule has 0 N–H and O–H groups in total. The summed E-state index contributed by atoms with van der Waals surface area (Å²) in [6, 6.07) is 12.9. The highest BCUT2D eigenvalue weighted by Crippen LogP contribution is 2.30. The number of rotatable bonds is 14. The molecule has 2 aliphatic heterocycles. The lowest BCUT2D eigenvalue weighted by Crippen LogP contribution is -2.12. The quantitative estimate of drug-likeness (QED) is 0.319. The Bertz CT molecular complexity index is 936. The Labute approximate surface area is 181 Å². The fraction of sp³-hybridized carbons (Fsp3) is 0.455. The van der Waals surface area contributed by atoms with Gasteiger partial charge in [-0.2, -0.15) is 0 Å². The predicted octanol–water partition coefficient (Wildman–Crippen LogP) is 2.11. The second-order valence-corrected chi connectivity index (χ2v) is 9.10. The molecule has 2 fully saturated rings. The molecule has 8 nitrogen and oxygen atoms in total. The van der Waals surface area contributed by atoms with Gasteiger partial charge >= 0.3 is 0 Å². The first-order valence-electron chi connectivity index (χ1n) is 10.2. The molecule has 2 unspecified atom stereocenters. The van der Waals surface area contributed by atoms with E-state index in [1.54, 1.807) is 30.3 Å². The lowest BCUT2D eigenvalue weighted by Gasteiger charge is -2.13. The molecule has 31 heavy (non-hydrogen) atoms. The van der Waals surface area contributed by atoms with Crippen molar-refractivity contribution >= 4 is 9.84 Å². The Kier molecular flexibility index (Phi) is 7.41. The summed E-state index contributed by atoms with van der Waals surface area (Å²) in [6.07, 6.45) is 0.408. The van der Waals surface area contributed by atoms with Crippen LogP contribution in [0.2, 0.25) is 0 Å². The van der Waals surface area contributed by atoms with Crippen molar-refractivity contribution < 1.29 is 36.8 Å². The van der Waals surface area contributed by atoms with Crippen molar-refractivity contribution in [1.29, 1.82) is 0 Å². The van der Waals surface area contributed by atoms with E-state index in [-0.39, 0.29) is 28.6 Å². The van der Waals surface area contributed by atoms with Crippen LogP contribution in [-0.4, -0.2) is 73.5 Å². The molecule has 2 aliphatic rings. The van der Waals surface area contributed by atoms with Gasteiger partial charge in [-0.1, -0.05) is 12.1 Å². The van der Waals surface area contributed by atoms with Gasteiger partial charge in [-0.25, -0.2) is 8.42 Å². The molecule has 0 bridgehead atoms. The van der Waals surface area contributed by atoms with E-state index in [0.29, 0.717) is 44.5 Å². The van der Waals surface area contributed by atoms with Crippen molar-refractivity contribution in [2.75, 3.05) is 52.9 Å². The second kappa shape index (κ2) is 10.4. The van der Waals surface area contributed by atoms with Crippen molar-refractivity contribution in [3.05, 3.63) is 48.5 Å². The minimum absolute atomic E-state index is 0.116. The molecular weight excluding hydrogens is 424 g/mol. The second-order valence-electron chi connectivity index (χ2n) is 7.18. The molecule has 0 aliphatic carbocycles. The van der Waals surface area contributed by atoms with Crippen LogP contribution in [-0.2, 0) is 28.8 Å². The van der Waals surface area contributed by atoms with Gasteiger partial charge in [0.1, 0.15) is 41.8 Å². The summed E-state index contributed by atoms with van der Waals surface area (Å²) < 4.78 is 58.5. The van der Waals surface area contributed by atoms with E-state index >= 15 is 0 Å². The van der Waals surface area contributed by atoms with Crippen molar-refractivity contribution in [3.8, 4) is 11.5 Å². The van der Waals surface area contributed by atoms with Crippen LogP contribution in [0.3, 0.4) is 0 Å². The molecule has 9 heteroatoms. The number of sulfone groups is 1. The minimum Gasteiger partial charge on any atom is -0.491 e. The minimum atomic E-state index is -3.74. The maximum atomic E-state index is 13.1. The van der Waals surface area contributed by atoms with Gasteiger partial charge in [0, 0.05) is 0 Å². The third kappa shape index (κ3) is 6.65. The molecule has 0 radical (unpaired) electrons. The Morgan fingerprint density at radius 2 is 1.35 bits per heavy atom. The van der Waals surface area contributed by atoms with E-state index < -0.39 is 9.84 Å². The van der Waals surface area contributed by atoms with Gasteiger partial charge in [0.15, 0.2) is 0 Å². The molecule has 2 aromatic rings. The van der Waals surface area contributed by atoms with E-state index in [0.717, 1.165) is 13.2 Å². The van der Waals surface area contributed by atoms with Crippen LogP contribution in [0.4, 0.5) is 0 Å². The van der Waals surface area contributed by atoms with E-state index in [4.69, 9.17) is 28.4 Å². The van der Waals surface area contributed by atoms with Gasteiger partial charge < -0.3 is 28.4 Å². The van der Waals surface area contributed by atoms with Crippen LogP contribution in [0.25, 0.3) is 0 Å². The Morgan fingerprint density at radius 1 is 0.774 bits per heavy atom. The highest BCUT2D eigenvalue weighted by Gasteiger charge is 2.24. The molecule has 2 atom stereocenters. The fourth-order valence-corrected chi connectivity index (χ4v) is 4.22. The van der Waals surface area contributed by atoms with Gasteiger partial charge in [-0.15, -0.1) is 0 Å². The summed E-state index contributed by atoms with van der Waals surface area (Å²) >= 11 is 0. The van der Waals surface area contributed by atoms with Crippen LogP contribution in [0.1, 0.15) is 0 Å². The van der Waals surface area contributed by atoms with E-state index in [2.05, 4.69) is 0 Å². The lowest BCUT2D eigenvalue weighted by atomic mass is 10.3. The van der Waals surface area contributed by atoms with E-state index in [9.17, 15) is 8.42 Å². The molecule has 2 aromatic carbocycles. The molecule has 0 aromatic heterocycles. The summed E-state index contributed by atoms with van der Waals surface area (Å²) in [6.45, 7) is 4.02. The molecular formula is C22H26O8S. The van der Waals surface area contributed by atoms with Crippen molar-refractivity contribution in [1.82, 2.24) is 0 Å². The highest BCUT2D eigenvalue weighted by molar-refractivity contribution is 7.91. The monoisotopic (exact) mass is 450 g/mol. The average molecular weight is 451 g/mol. The normalized spacial score (nSPS) is 19.7. The summed E-state index contributed by atoms with van der Waals surface area (Å²) in [5.41, 5.74) is 0. The van der Waals surface area contributed by atoms with Gasteiger partial charge in [-0.3, -0.25) is 0 Å². The Balaban J connectivity index is 1.31. The summed E-state index contributed by atoms with van der Waals surface area (Å²) in [4.78, 5) is 0.282. The third-order valence-corrected chi connectivity index (χ3v) is 6.48. The van der Waals surface area contributed by atoms with Crippen LogP contribution in [0.5, 0.6) is 11.5 Å². The largest absolute Gasteiger partial charge is 0.491 e. The van der Waals surface area contributed by atoms with Crippen LogP contribution in [0.15, 0.2) is 58.3 Å². The number of benzene rings is 2. The predicted molar refractivity (Wildman–Crippen MR) is 110 cm³/mol. The number of ether oxygens (including phenoxy) is 6. The third-order valence-electron chi connectivity index (χ3n) is 4.67. The van der Waals surface area contributed by atoms with Crippen molar-refractivity contribution in [3.63, 3.8) is 0 Å². The summed E-state index contributed by atoms with van der Waals surface area (Å²) in [7, 11) is -3.74. The van der Waals surface area contributed by atoms with Gasteiger partial charge in [0.05, 0.1) is 44.5 Å². The molecule has 0 saturated carbocycles. The molecule has 2 heterocycles. The highest BCUT2D eigenvalue weighted by atomic mass is 32.2. The smallest absolute Gasteiger partial charge is 0.210 e. The number of epoxide rings is 2. The fourth-order valence-electron chi connectivity index (χ4n) is 2.82. The van der Waals surface area contributed by atoms with E-state index in [1.807, 2.05) is 0 Å². The molecule has 0 amide bonds. The van der Waals surface area contributed by atoms with Crippen molar-refractivity contribution in [2.24, 2.45) is 0 Å². The van der Waals surface area contributed by atoms with Gasteiger partial charge in [0.2, 0.25) is 9.84 Å². The van der Waals surface area contributed by atoms with Crippen molar-refractivity contribution in [2.45, 2.75) is 22.0 Å². The zero-order chi connectivity index (χ0) is 21.5. The molecule has 168 valence electrons. The van der Waals surface area contributed by atoms with Crippen LogP contribution in [0, 0.1) is 0 Å². The van der Waals surface area contributed by atoms with Gasteiger partial charge in [-0.05, 0) is 36.4 Å². The van der Waals surface area contributed by atoms with Crippen LogP contribution < -0.4 is 9.47 Å². The summed E-state index contributed by atoms with van der Waals surface area (Å²) in [5.74, 6) is 0.873. The van der Waals surface area contributed by atoms with Crippen LogP contribution >= 0.6 is 0 Å². The molecule has 2 saturated heterocycles. The zero-order valence-corrected chi connectivity index (χ0v) is 17.9. The Hall–Kier alpha value is -2.17. The first-order valence-corrected chi connectivity index (χ1v) is 11.7. The van der Waals surface area contributed by atoms with E-state index in [1.165, 1.54) is 18.2 Å². The topological polar surface area (TPSA) is 96.1 Å².